The van der Waals surface area contributed by atoms with Crippen LogP contribution in [0.4, 0.5) is 0 Å². The standard InChI is InChI=1S/2C9H11.Ni/c2*1-7-4-8(2)6-9(3)5-7;/h2*4-5H,1-3H3;. The average Bonchev–Trinajstić information content (AvgIpc) is 2.25. The summed E-state index contributed by atoms with van der Waals surface area (Å²) in [7, 11) is 0. The summed E-state index contributed by atoms with van der Waals surface area (Å²) >= 11 is 1.70. The molecular formula is C18H22Ni. The van der Waals surface area contributed by atoms with Crippen LogP contribution in [-0.4, -0.2) is 0 Å². The van der Waals surface area contributed by atoms with E-state index in [2.05, 4.69) is 65.8 Å². The Bertz CT molecular complexity index is 522. The first-order valence-electron chi connectivity index (χ1n) is 6.63. The quantitative estimate of drug-likeness (QED) is 0.743. The van der Waals surface area contributed by atoms with Gasteiger partial charge in [-0.25, -0.2) is 0 Å². The van der Waals surface area contributed by atoms with Gasteiger partial charge in [-0.3, -0.25) is 0 Å². The molecule has 0 amide bonds. The summed E-state index contributed by atoms with van der Waals surface area (Å²) in [4.78, 5) is 0. The third kappa shape index (κ3) is 3.09. The molecule has 104 valence electrons. The topological polar surface area (TPSA) is 0 Å². The molecule has 0 bridgehead atoms. The van der Waals surface area contributed by atoms with Crippen LogP contribution < -0.4 is 9.07 Å². The van der Waals surface area contributed by atoms with Gasteiger partial charge in [0, 0.05) is 0 Å². The first-order valence-corrected chi connectivity index (χ1v) is 7.61. The van der Waals surface area contributed by atoms with Gasteiger partial charge in [0.25, 0.3) is 0 Å². The summed E-state index contributed by atoms with van der Waals surface area (Å²) in [5.74, 6) is 0. The Balaban J connectivity index is 2.48. The number of hydrogen-bond acceptors (Lipinski definition) is 0. The molecule has 0 fully saturated rings. The first kappa shape index (κ1) is 14.3. The van der Waals surface area contributed by atoms with Crippen LogP contribution in [0.3, 0.4) is 0 Å². The van der Waals surface area contributed by atoms with Gasteiger partial charge in [-0.2, -0.15) is 0 Å². The predicted octanol–water partition coefficient (Wildman–Crippen LogP) is 3.57. The minimum absolute atomic E-state index is 1.35. The van der Waals surface area contributed by atoms with E-state index in [1.54, 1.807) is 14.4 Å². The predicted molar refractivity (Wildman–Crippen MR) is 80.6 cm³/mol. The second-order valence-electron chi connectivity index (χ2n) is 5.44. The summed E-state index contributed by atoms with van der Waals surface area (Å²) in [6.07, 6.45) is 0. The molecule has 0 N–H and O–H groups in total. The Hall–Kier alpha value is -1.07. The van der Waals surface area contributed by atoms with Crippen LogP contribution in [0.2, 0.25) is 0 Å². The van der Waals surface area contributed by atoms with E-state index in [1.807, 2.05) is 0 Å². The van der Waals surface area contributed by atoms with Crippen molar-refractivity contribution in [2.45, 2.75) is 41.5 Å². The second kappa shape index (κ2) is 5.51. The summed E-state index contributed by atoms with van der Waals surface area (Å²) in [6.45, 7) is 13.2. The molecule has 0 nitrogen and oxygen atoms in total. The van der Waals surface area contributed by atoms with E-state index in [0.717, 1.165) is 0 Å². The second-order valence-corrected chi connectivity index (χ2v) is 6.68. The van der Waals surface area contributed by atoms with E-state index >= 15 is 0 Å². The van der Waals surface area contributed by atoms with Gasteiger partial charge < -0.3 is 0 Å². The normalized spacial score (nSPS) is 11.1. The third-order valence-corrected chi connectivity index (χ3v) is 5.27. The van der Waals surface area contributed by atoms with Crippen LogP contribution in [0.1, 0.15) is 33.4 Å². The van der Waals surface area contributed by atoms with Crippen molar-refractivity contribution in [2.24, 2.45) is 0 Å². The van der Waals surface area contributed by atoms with Gasteiger partial charge >= 0.3 is 123 Å². The van der Waals surface area contributed by atoms with E-state index in [1.165, 1.54) is 42.4 Å². The maximum absolute atomic E-state index is 2.28. The van der Waals surface area contributed by atoms with Crippen LogP contribution in [0.5, 0.6) is 0 Å². The van der Waals surface area contributed by atoms with Crippen LogP contribution in [0.15, 0.2) is 24.3 Å². The summed E-state index contributed by atoms with van der Waals surface area (Å²) < 4.78 is 2.85. The van der Waals surface area contributed by atoms with E-state index in [-0.39, 0.29) is 0 Å². The van der Waals surface area contributed by atoms with Gasteiger partial charge in [-0.15, -0.1) is 0 Å². The SMILES string of the molecule is Cc1cc(C)[c]([Ni][c]2c(C)cc(C)cc2C)c(C)c1. The molecular weight excluding hydrogens is 275 g/mol. The molecule has 2 aromatic carbocycles. The van der Waals surface area contributed by atoms with Gasteiger partial charge in [-0.05, 0) is 0 Å². The molecule has 0 atom stereocenters. The average molecular weight is 297 g/mol. The molecule has 0 aliphatic heterocycles. The Morgan fingerprint density at radius 1 is 0.526 bits per heavy atom. The van der Waals surface area contributed by atoms with Gasteiger partial charge in [0.1, 0.15) is 0 Å². The minimum atomic E-state index is 1.35. The van der Waals surface area contributed by atoms with E-state index in [4.69, 9.17) is 0 Å². The molecule has 0 radical (unpaired) electrons. The van der Waals surface area contributed by atoms with Gasteiger partial charge in [0.05, 0.1) is 0 Å². The molecule has 19 heavy (non-hydrogen) atoms. The zero-order valence-electron chi connectivity index (χ0n) is 12.6. The molecule has 0 unspecified atom stereocenters. The summed E-state index contributed by atoms with van der Waals surface area (Å²) in [5.41, 5.74) is 8.24. The fourth-order valence-electron chi connectivity index (χ4n) is 2.64. The van der Waals surface area contributed by atoms with Crippen molar-refractivity contribution < 1.29 is 14.4 Å². The van der Waals surface area contributed by atoms with Gasteiger partial charge in [-0.1, -0.05) is 0 Å². The van der Waals surface area contributed by atoms with Crippen molar-refractivity contribution in [3.8, 4) is 0 Å². The Morgan fingerprint density at radius 2 is 0.789 bits per heavy atom. The number of aryl methyl sites for hydroxylation is 6. The number of hydrogen-bond donors (Lipinski definition) is 0. The number of rotatable bonds is 2. The molecule has 2 rings (SSSR count). The number of benzene rings is 2. The Labute approximate surface area is 123 Å². The van der Waals surface area contributed by atoms with Gasteiger partial charge in [0.2, 0.25) is 0 Å². The van der Waals surface area contributed by atoms with Gasteiger partial charge in [0.15, 0.2) is 0 Å². The van der Waals surface area contributed by atoms with Crippen molar-refractivity contribution in [3.63, 3.8) is 0 Å². The molecule has 0 aromatic heterocycles. The van der Waals surface area contributed by atoms with Crippen molar-refractivity contribution in [1.29, 1.82) is 0 Å². The fourth-order valence-corrected chi connectivity index (χ4v) is 3.95. The van der Waals surface area contributed by atoms with Crippen LogP contribution >= 0.6 is 0 Å². The Morgan fingerprint density at radius 3 is 1.05 bits per heavy atom. The Kier molecular flexibility index (Phi) is 4.16. The molecule has 0 spiro atoms. The molecule has 1 heteroatoms. The van der Waals surface area contributed by atoms with Crippen molar-refractivity contribution in [3.05, 3.63) is 57.6 Å². The van der Waals surface area contributed by atoms with E-state index < -0.39 is 0 Å². The van der Waals surface area contributed by atoms with Crippen LogP contribution in [-0.2, 0) is 14.4 Å². The van der Waals surface area contributed by atoms with Crippen LogP contribution in [0.25, 0.3) is 0 Å². The third-order valence-electron chi connectivity index (χ3n) is 3.22. The first-order chi connectivity index (χ1) is 8.88. The molecule has 0 aliphatic rings. The molecule has 0 heterocycles. The monoisotopic (exact) mass is 296 g/mol. The zero-order chi connectivity index (χ0) is 14.2. The van der Waals surface area contributed by atoms with Crippen molar-refractivity contribution in [2.75, 3.05) is 0 Å². The van der Waals surface area contributed by atoms with Crippen LogP contribution in [0, 0.1) is 41.5 Å². The zero-order valence-corrected chi connectivity index (χ0v) is 13.6. The van der Waals surface area contributed by atoms with E-state index in [9.17, 15) is 0 Å². The fraction of sp³-hybridized carbons (Fsp3) is 0.333. The summed E-state index contributed by atoms with van der Waals surface area (Å²) in [5, 5.41) is 0. The van der Waals surface area contributed by atoms with E-state index in [0.29, 0.717) is 0 Å². The molecule has 0 saturated carbocycles. The molecule has 0 aliphatic carbocycles. The summed E-state index contributed by atoms with van der Waals surface area (Å²) in [6, 6.07) is 9.11. The molecule has 0 saturated heterocycles. The van der Waals surface area contributed by atoms with Crippen molar-refractivity contribution in [1.82, 2.24) is 0 Å². The molecule has 2 aromatic rings. The maximum atomic E-state index is 2.28. The van der Waals surface area contributed by atoms with Crippen molar-refractivity contribution >= 4 is 9.07 Å².